The zero-order chi connectivity index (χ0) is 25.0. The number of benzene rings is 3. The first-order chi connectivity index (χ1) is 17.0. The van der Waals surface area contributed by atoms with Crippen LogP contribution in [0.2, 0.25) is 10.0 Å². The highest BCUT2D eigenvalue weighted by molar-refractivity contribution is 6.36. The van der Waals surface area contributed by atoms with E-state index < -0.39 is 5.97 Å². The van der Waals surface area contributed by atoms with E-state index in [1.807, 2.05) is 30.3 Å². The van der Waals surface area contributed by atoms with Gasteiger partial charge in [0, 0.05) is 17.0 Å². The zero-order valence-electron chi connectivity index (χ0n) is 19.9. The first-order valence-electron chi connectivity index (χ1n) is 12.0. The fourth-order valence-electron chi connectivity index (χ4n) is 3.78. The van der Waals surface area contributed by atoms with E-state index in [1.165, 1.54) is 44.0 Å². The molecule has 0 bridgehead atoms. The van der Waals surface area contributed by atoms with Gasteiger partial charge in [0.15, 0.2) is 0 Å². The summed E-state index contributed by atoms with van der Waals surface area (Å²) in [5, 5.41) is 6.56. The molecule has 0 spiro atoms. The number of hydrogen-bond donors (Lipinski definition) is 1. The summed E-state index contributed by atoms with van der Waals surface area (Å²) >= 11 is 12.1. The SMILES string of the molecule is CCCCCCCCCC(=O)NN=Cc1c(OC(=O)c2ccc(Cl)cc2Cl)ccc2ccccc12. The minimum absolute atomic E-state index is 0.137. The molecule has 5 nitrogen and oxygen atoms in total. The predicted molar refractivity (Wildman–Crippen MR) is 144 cm³/mol. The van der Waals surface area contributed by atoms with E-state index in [9.17, 15) is 9.59 Å². The van der Waals surface area contributed by atoms with Crippen LogP contribution in [0.5, 0.6) is 5.75 Å². The van der Waals surface area contributed by atoms with Gasteiger partial charge in [0.1, 0.15) is 5.75 Å². The Kier molecular flexibility index (Phi) is 10.6. The second kappa shape index (κ2) is 13.9. The molecule has 0 atom stereocenters. The van der Waals surface area contributed by atoms with E-state index in [0.717, 1.165) is 30.0 Å². The Hall–Kier alpha value is -2.89. The van der Waals surface area contributed by atoms with Gasteiger partial charge < -0.3 is 4.74 Å². The lowest BCUT2D eigenvalue weighted by molar-refractivity contribution is -0.121. The van der Waals surface area contributed by atoms with Gasteiger partial charge in [0.05, 0.1) is 16.8 Å². The van der Waals surface area contributed by atoms with Crippen molar-refractivity contribution in [2.24, 2.45) is 5.10 Å². The van der Waals surface area contributed by atoms with Crippen LogP contribution in [0.3, 0.4) is 0 Å². The highest BCUT2D eigenvalue weighted by Crippen LogP contribution is 2.29. The first-order valence-corrected chi connectivity index (χ1v) is 12.8. The summed E-state index contributed by atoms with van der Waals surface area (Å²) in [7, 11) is 0. The van der Waals surface area contributed by atoms with Crippen molar-refractivity contribution in [3.8, 4) is 5.75 Å². The summed E-state index contributed by atoms with van der Waals surface area (Å²) in [6, 6.07) is 15.8. The summed E-state index contributed by atoms with van der Waals surface area (Å²) in [4.78, 5) is 25.0. The summed E-state index contributed by atoms with van der Waals surface area (Å²) in [5.41, 5.74) is 3.37. The third-order valence-corrected chi connectivity index (χ3v) is 6.22. The maximum absolute atomic E-state index is 12.8. The van der Waals surface area contributed by atoms with E-state index >= 15 is 0 Å². The van der Waals surface area contributed by atoms with Crippen molar-refractivity contribution in [2.45, 2.75) is 58.3 Å². The normalized spacial score (nSPS) is 11.2. The van der Waals surface area contributed by atoms with Gasteiger partial charge in [0.25, 0.3) is 0 Å². The number of rotatable bonds is 12. The van der Waals surface area contributed by atoms with Gasteiger partial charge >= 0.3 is 5.97 Å². The van der Waals surface area contributed by atoms with Crippen LogP contribution in [0.1, 0.15) is 74.2 Å². The molecule has 0 fully saturated rings. The third kappa shape index (κ3) is 8.08. The minimum Gasteiger partial charge on any atom is -0.422 e. The molecule has 0 saturated carbocycles. The number of carbonyl (C=O) groups is 2. The molecule has 3 aromatic carbocycles. The molecule has 0 aliphatic heterocycles. The van der Waals surface area contributed by atoms with Crippen LogP contribution >= 0.6 is 23.2 Å². The molecule has 1 amide bonds. The van der Waals surface area contributed by atoms with Gasteiger partial charge in [-0.1, -0.05) is 99.0 Å². The fourth-order valence-corrected chi connectivity index (χ4v) is 4.26. The van der Waals surface area contributed by atoms with Crippen molar-refractivity contribution in [1.29, 1.82) is 0 Å². The van der Waals surface area contributed by atoms with Gasteiger partial charge in [-0.2, -0.15) is 5.10 Å². The number of esters is 1. The zero-order valence-corrected chi connectivity index (χ0v) is 21.4. The molecule has 3 rings (SSSR count). The van der Waals surface area contributed by atoms with Crippen LogP contribution in [0.15, 0.2) is 59.7 Å². The van der Waals surface area contributed by atoms with Gasteiger partial charge in [0.2, 0.25) is 5.91 Å². The van der Waals surface area contributed by atoms with Crippen molar-refractivity contribution in [3.63, 3.8) is 0 Å². The Bertz CT molecular complexity index is 1190. The van der Waals surface area contributed by atoms with Crippen LogP contribution in [0.4, 0.5) is 0 Å². The lowest BCUT2D eigenvalue weighted by Crippen LogP contribution is -2.17. The molecule has 35 heavy (non-hydrogen) atoms. The van der Waals surface area contributed by atoms with Crippen LogP contribution in [0, 0.1) is 0 Å². The molecule has 0 heterocycles. The quantitative estimate of drug-likeness (QED) is 0.0878. The average Bonchev–Trinajstić information content (AvgIpc) is 2.84. The Balaban J connectivity index is 1.67. The Morgan fingerprint density at radius 1 is 0.943 bits per heavy atom. The number of hydrogen-bond acceptors (Lipinski definition) is 4. The van der Waals surface area contributed by atoms with Gasteiger partial charge in [-0.25, -0.2) is 10.2 Å². The molecule has 0 unspecified atom stereocenters. The smallest absolute Gasteiger partial charge is 0.345 e. The lowest BCUT2D eigenvalue weighted by atomic mass is 10.0. The first kappa shape index (κ1) is 26.7. The Morgan fingerprint density at radius 3 is 2.46 bits per heavy atom. The second-order valence-electron chi connectivity index (χ2n) is 8.38. The number of fused-ring (bicyclic) bond motifs is 1. The largest absolute Gasteiger partial charge is 0.422 e. The highest BCUT2D eigenvalue weighted by atomic mass is 35.5. The molecule has 3 aromatic rings. The number of nitrogens with zero attached hydrogens (tertiary/aromatic N) is 1. The molecule has 0 aromatic heterocycles. The van der Waals surface area contributed by atoms with Crippen LogP contribution in [-0.2, 0) is 4.79 Å². The van der Waals surface area contributed by atoms with Crippen molar-refractivity contribution in [1.82, 2.24) is 5.43 Å². The number of carbonyl (C=O) groups excluding carboxylic acids is 2. The van der Waals surface area contributed by atoms with Gasteiger partial charge in [-0.05, 0) is 41.5 Å². The maximum Gasteiger partial charge on any atom is 0.345 e. The molecule has 0 radical (unpaired) electrons. The van der Waals surface area contributed by atoms with Crippen LogP contribution < -0.4 is 10.2 Å². The standard InChI is InChI=1S/C28H30Cl2N2O3/c1-2-3-4-5-6-7-8-13-27(33)32-31-19-24-22-12-10-9-11-20(22)14-17-26(24)35-28(34)23-16-15-21(29)18-25(23)30/h9-12,14-19H,2-8,13H2,1H3,(H,32,33). The average molecular weight is 513 g/mol. The summed E-state index contributed by atoms with van der Waals surface area (Å²) in [6.45, 7) is 2.20. The third-order valence-electron chi connectivity index (χ3n) is 5.67. The van der Waals surface area contributed by atoms with Crippen LogP contribution in [-0.4, -0.2) is 18.1 Å². The van der Waals surface area contributed by atoms with E-state index in [0.29, 0.717) is 22.8 Å². The molecule has 0 saturated heterocycles. The molecule has 0 aliphatic carbocycles. The number of nitrogens with one attached hydrogen (secondary N) is 1. The van der Waals surface area contributed by atoms with Gasteiger partial charge in [-0.15, -0.1) is 0 Å². The molecule has 1 N–H and O–H groups in total. The summed E-state index contributed by atoms with van der Waals surface area (Å²) < 4.78 is 5.67. The van der Waals surface area contributed by atoms with Crippen molar-refractivity contribution >= 4 is 52.1 Å². The van der Waals surface area contributed by atoms with E-state index in [1.54, 1.807) is 12.1 Å². The summed E-state index contributed by atoms with van der Waals surface area (Å²) in [6.07, 6.45) is 9.95. The molecular formula is C28H30Cl2N2O3. The number of hydrazone groups is 1. The minimum atomic E-state index is -0.612. The molecule has 0 aliphatic rings. The molecule has 184 valence electrons. The molecular weight excluding hydrogens is 483 g/mol. The number of halogens is 2. The van der Waals surface area contributed by atoms with E-state index in [2.05, 4.69) is 17.5 Å². The second-order valence-corrected chi connectivity index (χ2v) is 9.22. The molecule has 7 heteroatoms. The Morgan fingerprint density at radius 2 is 1.69 bits per heavy atom. The van der Waals surface area contributed by atoms with Crippen molar-refractivity contribution in [3.05, 3.63) is 75.8 Å². The fraction of sp³-hybridized carbons (Fsp3) is 0.321. The number of amides is 1. The van der Waals surface area contributed by atoms with Gasteiger partial charge in [-0.3, -0.25) is 4.79 Å². The summed E-state index contributed by atoms with van der Waals surface area (Å²) in [5.74, 6) is -0.439. The lowest BCUT2D eigenvalue weighted by Gasteiger charge is -2.11. The monoisotopic (exact) mass is 512 g/mol. The predicted octanol–water partition coefficient (Wildman–Crippen LogP) is 7.96. The van der Waals surface area contributed by atoms with E-state index in [4.69, 9.17) is 27.9 Å². The number of unbranched alkanes of at least 4 members (excludes halogenated alkanes) is 6. The van der Waals surface area contributed by atoms with Crippen molar-refractivity contribution in [2.75, 3.05) is 0 Å². The number of ether oxygens (including phenoxy) is 1. The van der Waals surface area contributed by atoms with E-state index in [-0.39, 0.29) is 16.5 Å². The Labute approximate surface area is 216 Å². The van der Waals surface area contributed by atoms with Crippen LogP contribution in [0.25, 0.3) is 10.8 Å². The maximum atomic E-state index is 12.8. The van der Waals surface area contributed by atoms with Crippen molar-refractivity contribution < 1.29 is 14.3 Å². The topological polar surface area (TPSA) is 67.8 Å². The highest BCUT2D eigenvalue weighted by Gasteiger charge is 2.16.